The van der Waals surface area contributed by atoms with Crippen molar-refractivity contribution in [3.63, 3.8) is 0 Å². The third-order valence-corrected chi connectivity index (χ3v) is 3.66. The molecule has 3 nitrogen and oxygen atoms in total. The molecule has 0 unspecified atom stereocenters. The van der Waals surface area contributed by atoms with Crippen LogP contribution < -0.4 is 4.72 Å². The van der Waals surface area contributed by atoms with Gasteiger partial charge in [0.2, 0.25) is 10.0 Å². The molecule has 0 aliphatic heterocycles. The van der Waals surface area contributed by atoms with Crippen LogP contribution >= 0.6 is 0 Å². The van der Waals surface area contributed by atoms with Crippen LogP contribution in [0.2, 0.25) is 0 Å². The van der Waals surface area contributed by atoms with Crippen molar-refractivity contribution in [2.75, 3.05) is 6.26 Å². The summed E-state index contributed by atoms with van der Waals surface area (Å²) in [7, 11) is -5.74. The van der Waals surface area contributed by atoms with Gasteiger partial charge in [-0.05, 0) is 0 Å². The van der Waals surface area contributed by atoms with Crippen LogP contribution in [-0.2, 0) is 10.0 Å². The Bertz CT molecular complexity index is 752. The number of hydrogen-bond donors (Lipinski definition) is 1. The monoisotopic (exact) mass is 513 g/mol. The Morgan fingerprint density at radius 2 is 0.700 bits per heavy atom. The number of hydrogen-bond acceptors (Lipinski definition) is 2. The van der Waals surface area contributed by atoms with E-state index in [1.54, 1.807) is 0 Å². The minimum absolute atomic E-state index is 0.486. The summed E-state index contributed by atoms with van der Waals surface area (Å²) in [5, 5.41) is 0. The summed E-state index contributed by atoms with van der Waals surface area (Å²) < 4.78 is 238. The van der Waals surface area contributed by atoms with Gasteiger partial charge in [0.1, 0.15) is 0 Å². The quantitative estimate of drug-likeness (QED) is 0.384. The molecule has 0 amide bonds. The van der Waals surface area contributed by atoms with Gasteiger partial charge >= 0.3 is 47.8 Å². The van der Waals surface area contributed by atoms with Crippen molar-refractivity contribution in [1.82, 2.24) is 4.72 Å². The summed E-state index contributed by atoms with van der Waals surface area (Å²) in [5.74, 6) is -51.0. The zero-order valence-corrected chi connectivity index (χ0v) is 14.0. The van der Waals surface area contributed by atoms with Crippen molar-refractivity contribution in [3.8, 4) is 0 Å². The lowest BCUT2D eigenvalue weighted by Gasteiger charge is -2.42. The third-order valence-electron chi connectivity index (χ3n) is 3.04. The van der Waals surface area contributed by atoms with Gasteiger partial charge in [0.25, 0.3) is 0 Å². The Hall–Kier alpha value is -1.28. The van der Waals surface area contributed by atoms with Crippen molar-refractivity contribution in [2.45, 2.75) is 47.8 Å². The maximum Gasteiger partial charge on any atom is 0.460 e. The smallest absolute Gasteiger partial charge is 0.213 e. The van der Waals surface area contributed by atoms with Crippen molar-refractivity contribution < 1.29 is 83.1 Å². The van der Waals surface area contributed by atoms with E-state index >= 15 is 0 Å². The molecule has 30 heavy (non-hydrogen) atoms. The largest absolute Gasteiger partial charge is 0.460 e. The molecule has 0 aromatic rings. The highest BCUT2D eigenvalue weighted by Crippen LogP contribution is 2.63. The van der Waals surface area contributed by atoms with Crippen molar-refractivity contribution in [3.05, 3.63) is 0 Å². The average molecular weight is 513 g/mol. The normalized spacial score (nSPS) is 16.7. The number of alkyl halides is 17. The molecule has 21 heteroatoms. The Labute approximate surface area is 153 Å². The van der Waals surface area contributed by atoms with Gasteiger partial charge in [-0.1, -0.05) is 0 Å². The van der Waals surface area contributed by atoms with Crippen LogP contribution in [0.1, 0.15) is 0 Å². The number of halogens is 17. The zero-order chi connectivity index (χ0) is 25.2. The van der Waals surface area contributed by atoms with Gasteiger partial charge in [-0.25, -0.2) is 8.42 Å². The first kappa shape index (κ1) is 28.7. The first-order chi connectivity index (χ1) is 12.5. The van der Waals surface area contributed by atoms with Crippen LogP contribution in [0.5, 0.6) is 0 Å². The zero-order valence-electron chi connectivity index (χ0n) is 13.2. The first-order valence-electron chi connectivity index (χ1n) is 6.16. The van der Waals surface area contributed by atoms with Gasteiger partial charge < -0.3 is 0 Å². The fourth-order valence-electron chi connectivity index (χ4n) is 1.46. The van der Waals surface area contributed by atoms with E-state index in [2.05, 4.69) is 0 Å². The molecule has 0 fully saturated rings. The van der Waals surface area contributed by atoms with E-state index in [1.807, 2.05) is 0 Å². The molecule has 0 aliphatic rings. The molecule has 0 rings (SSSR count). The molecule has 0 aliphatic carbocycles. The summed E-state index contributed by atoms with van der Waals surface area (Å²) >= 11 is 0. The van der Waals surface area contributed by atoms with Crippen molar-refractivity contribution in [1.29, 1.82) is 0 Å². The fourth-order valence-corrected chi connectivity index (χ4v) is 2.05. The molecule has 182 valence electrons. The second-order valence-electron chi connectivity index (χ2n) is 5.39. The Morgan fingerprint density at radius 1 is 0.467 bits per heavy atom. The standard InChI is InChI=1S/C9H4F17NO2S/c1-30(28,29)27-9(25,26)7(20,21)5(16,17)3(12,13)2(10,11)4(14,15)6(18,19)8(22,23)24/h27H,1H3. The summed E-state index contributed by atoms with van der Waals surface area (Å²) in [5.41, 5.74) is 0. The maximum atomic E-state index is 13.2. The maximum absolute atomic E-state index is 13.2. The van der Waals surface area contributed by atoms with E-state index in [0.717, 1.165) is 0 Å². The minimum atomic E-state index is -8.76. The Kier molecular flexibility index (Phi) is 6.57. The number of nitrogens with one attached hydrogen (secondary N) is 1. The van der Waals surface area contributed by atoms with E-state index in [0.29, 0.717) is 0 Å². The van der Waals surface area contributed by atoms with E-state index in [4.69, 9.17) is 0 Å². The predicted molar refractivity (Wildman–Crippen MR) is 58.7 cm³/mol. The molecule has 0 bridgehead atoms. The molecule has 1 N–H and O–H groups in total. The van der Waals surface area contributed by atoms with Crippen LogP contribution in [0.4, 0.5) is 74.6 Å². The fraction of sp³-hybridized carbons (Fsp3) is 1.00. The summed E-state index contributed by atoms with van der Waals surface area (Å²) in [6, 6.07) is -7.16. The minimum Gasteiger partial charge on any atom is -0.213 e. The van der Waals surface area contributed by atoms with E-state index in [1.165, 1.54) is 0 Å². The molecule has 0 saturated heterocycles. The molecule has 0 radical (unpaired) electrons. The first-order valence-corrected chi connectivity index (χ1v) is 8.05. The van der Waals surface area contributed by atoms with Gasteiger partial charge in [0.05, 0.1) is 6.26 Å². The molecule has 0 heterocycles. The van der Waals surface area contributed by atoms with Crippen LogP contribution in [-0.4, -0.2) is 62.4 Å². The SMILES string of the molecule is CS(=O)(=O)NC(F)(F)C(F)(F)C(F)(F)C(F)(F)C(F)(F)C(F)(F)C(F)(F)C(F)(F)F. The lowest BCUT2D eigenvalue weighted by atomic mass is 9.90. The van der Waals surface area contributed by atoms with Gasteiger partial charge in [0.15, 0.2) is 0 Å². The van der Waals surface area contributed by atoms with Gasteiger partial charge in [-0.2, -0.15) is 74.6 Å². The average Bonchev–Trinajstić information content (AvgIpc) is 2.41. The van der Waals surface area contributed by atoms with Gasteiger partial charge in [-0.15, -0.1) is 4.72 Å². The highest BCUT2D eigenvalue weighted by Gasteiger charge is 2.95. The topological polar surface area (TPSA) is 46.2 Å². The molecular weight excluding hydrogens is 509 g/mol. The Balaban J connectivity index is 6.77. The van der Waals surface area contributed by atoms with E-state index in [-0.39, 0.29) is 0 Å². The van der Waals surface area contributed by atoms with Crippen molar-refractivity contribution >= 4 is 10.0 Å². The van der Waals surface area contributed by atoms with E-state index < -0.39 is 68.8 Å². The second-order valence-corrected chi connectivity index (χ2v) is 7.14. The molecular formula is C9H4F17NO2S. The second kappa shape index (κ2) is 6.86. The predicted octanol–water partition coefficient (Wildman–Crippen LogP) is 4.50. The van der Waals surface area contributed by atoms with Crippen LogP contribution in [0.25, 0.3) is 0 Å². The van der Waals surface area contributed by atoms with Gasteiger partial charge in [-0.3, -0.25) is 0 Å². The highest BCUT2D eigenvalue weighted by atomic mass is 32.2. The highest BCUT2D eigenvalue weighted by molar-refractivity contribution is 7.88. The van der Waals surface area contributed by atoms with Crippen LogP contribution in [0.15, 0.2) is 0 Å². The van der Waals surface area contributed by atoms with Crippen molar-refractivity contribution in [2.24, 2.45) is 0 Å². The summed E-state index contributed by atoms with van der Waals surface area (Å²) in [4.78, 5) is 0. The Morgan fingerprint density at radius 3 is 0.933 bits per heavy atom. The molecule has 0 aromatic carbocycles. The van der Waals surface area contributed by atoms with Crippen LogP contribution in [0, 0.1) is 0 Å². The third kappa shape index (κ3) is 3.85. The lowest BCUT2D eigenvalue weighted by molar-refractivity contribution is -0.462. The lowest BCUT2D eigenvalue weighted by Crippen LogP contribution is -2.75. The summed E-state index contributed by atoms with van der Waals surface area (Å²) in [6.07, 6.45) is -8.32. The molecule has 0 aromatic heterocycles. The van der Waals surface area contributed by atoms with Gasteiger partial charge in [0, 0.05) is 0 Å². The molecule has 0 atom stereocenters. The molecule has 0 saturated carbocycles. The number of sulfonamides is 1. The van der Waals surface area contributed by atoms with Crippen LogP contribution in [0.3, 0.4) is 0 Å². The number of rotatable bonds is 8. The molecule has 0 spiro atoms. The summed E-state index contributed by atoms with van der Waals surface area (Å²) in [6.45, 7) is 0. The van der Waals surface area contributed by atoms with E-state index in [9.17, 15) is 83.1 Å².